The van der Waals surface area contributed by atoms with Gasteiger partial charge in [-0.2, -0.15) is 0 Å². The number of carbonyl (C=O) groups excluding carboxylic acids is 1. The lowest BCUT2D eigenvalue weighted by atomic mass is 9.70. The van der Waals surface area contributed by atoms with Gasteiger partial charge in [0.1, 0.15) is 5.82 Å². The third-order valence-electron chi connectivity index (χ3n) is 4.79. The van der Waals surface area contributed by atoms with E-state index in [-0.39, 0.29) is 16.8 Å². The summed E-state index contributed by atoms with van der Waals surface area (Å²) >= 11 is 12.0. The summed E-state index contributed by atoms with van der Waals surface area (Å²) in [6.45, 7) is 1.07. The molecule has 6 heteroatoms. The van der Waals surface area contributed by atoms with E-state index in [2.05, 4.69) is 10.6 Å². The summed E-state index contributed by atoms with van der Waals surface area (Å²) < 4.78 is 14.0. The van der Waals surface area contributed by atoms with Crippen molar-refractivity contribution >= 4 is 34.8 Å². The van der Waals surface area contributed by atoms with Crippen LogP contribution in [0.3, 0.4) is 0 Å². The summed E-state index contributed by atoms with van der Waals surface area (Å²) in [6.07, 6.45) is 0. The zero-order chi connectivity index (χ0) is 16.2. The molecular weight excluding hydrogens is 338 g/mol. The minimum Gasteiger partial charge on any atom is -0.325 e. The first kappa shape index (κ1) is 14.9. The van der Waals surface area contributed by atoms with Gasteiger partial charge < -0.3 is 10.6 Å². The summed E-state index contributed by atoms with van der Waals surface area (Å²) in [4.78, 5) is 12.8. The minimum absolute atomic E-state index is 0.00589. The number of rotatable bonds is 1. The van der Waals surface area contributed by atoms with E-state index in [1.807, 2.05) is 18.2 Å². The summed E-state index contributed by atoms with van der Waals surface area (Å²) in [5.41, 5.74) is 1.35. The molecule has 2 heterocycles. The maximum absolute atomic E-state index is 14.0. The SMILES string of the molecule is O=C1Nc2cc(Cl)c(F)cc2C12CNCC2c1cccc(Cl)c1. The van der Waals surface area contributed by atoms with Gasteiger partial charge in [0.15, 0.2) is 0 Å². The first-order valence-electron chi connectivity index (χ1n) is 7.29. The van der Waals surface area contributed by atoms with Crippen molar-refractivity contribution in [3.8, 4) is 0 Å². The van der Waals surface area contributed by atoms with Crippen molar-refractivity contribution in [3.63, 3.8) is 0 Å². The van der Waals surface area contributed by atoms with Crippen LogP contribution in [0.5, 0.6) is 0 Å². The number of nitrogens with one attached hydrogen (secondary N) is 2. The molecule has 2 aliphatic heterocycles. The number of fused-ring (bicyclic) bond motifs is 2. The first-order chi connectivity index (χ1) is 11.0. The zero-order valence-electron chi connectivity index (χ0n) is 12.0. The van der Waals surface area contributed by atoms with E-state index in [4.69, 9.17) is 23.2 Å². The van der Waals surface area contributed by atoms with Gasteiger partial charge in [0.05, 0.1) is 10.4 Å². The number of halogens is 3. The second-order valence-electron chi connectivity index (χ2n) is 5.98. The number of carbonyl (C=O) groups is 1. The Hall–Kier alpha value is -1.62. The van der Waals surface area contributed by atoms with Gasteiger partial charge in [-0.05, 0) is 35.4 Å². The van der Waals surface area contributed by atoms with E-state index in [1.165, 1.54) is 12.1 Å². The van der Waals surface area contributed by atoms with Crippen molar-refractivity contribution in [2.75, 3.05) is 18.4 Å². The molecule has 1 fully saturated rings. The lowest BCUT2D eigenvalue weighted by molar-refractivity contribution is -0.120. The maximum atomic E-state index is 14.0. The van der Waals surface area contributed by atoms with Gasteiger partial charge in [-0.1, -0.05) is 35.3 Å². The molecule has 2 aromatic carbocycles. The van der Waals surface area contributed by atoms with Crippen molar-refractivity contribution in [3.05, 3.63) is 63.4 Å². The highest BCUT2D eigenvalue weighted by molar-refractivity contribution is 6.31. The van der Waals surface area contributed by atoms with Gasteiger partial charge in [-0.15, -0.1) is 0 Å². The molecule has 2 atom stereocenters. The van der Waals surface area contributed by atoms with Crippen LogP contribution < -0.4 is 10.6 Å². The second kappa shape index (κ2) is 5.20. The van der Waals surface area contributed by atoms with Crippen molar-refractivity contribution in [1.29, 1.82) is 0 Å². The van der Waals surface area contributed by atoms with Crippen LogP contribution in [0.25, 0.3) is 0 Å². The fourth-order valence-electron chi connectivity index (χ4n) is 3.73. The fraction of sp³-hybridized carbons (Fsp3) is 0.235. The van der Waals surface area contributed by atoms with Crippen LogP contribution in [0.4, 0.5) is 10.1 Å². The Morgan fingerprint density at radius 3 is 2.83 bits per heavy atom. The Morgan fingerprint density at radius 2 is 2.04 bits per heavy atom. The van der Waals surface area contributed by atoms with Crippen LogP contribution in [0.15, 0.2) is 36.4 Å². The normalized spacial score (nSPS) is 25.7. The van der Waals surface area contributed by atoms with Crippen LogP contribution in [-0.4, -0.2) is 19.0 Å². The van der Waals surface area contributed by atoms with Crippen LogP contribution in [-0.2, 0) is 10.2 Å². The predicted octanol–water partition coefficient (Wildman–Crippen LogP) is 3.71. The molecular formula is C17H13Cl2FN2O. The van der Waals surface area contributed by atoms with Gasteiger partial charge in [0.25, 0.3) is 0 Å². The maximum Gasteiger partial charge on any atom is 0.237 e. The Balaban J connectivity index is 1.90. The van der Waals surface area contributed by atoms with Crippen LogP contribution in [0, 0.1) is 5.82 Å². The number of amides is 1. The Labute approximate surface area is 142 Å². The summed E-state index contributed by atoms with van der Waals surface area (Å²) in [5.74, 6) is -0.773. The van der Waals surface area contributed by atoms with Gasteiger partial charge in [0, 0.05) is 29.7 Å². The molecule has 0 aromatic heterocycles. The van der Waals surface area contributed by atoms with E-state index >= 15 is 0 Å². The average Bonchev–Trinajstić information content (AvgIpc) is 3.06. The van der Waals surface area contributed by atoms with Crippen LogP contribution in [0.1, 0.15) is 17.0 Å². The highest BCUT2D eigenvalue weighted by Gasteiger charge is 2.55. The van der Waals surface area contributed by atoms with Crippen molar-refractivity contribution in [2.24, 2.45) is 0 Å². The van der Waals surface area contributed by atoms with Crippen LogP contribution in [0.2, 0.25) is 10.0 Å². The van der Waals surface area contributed by atoms with Gasteiger partial charge in [-0.3, -0.25) is 4.79 Å². The molecule has 118 valence electrons. The number of hydrogen-bond donors (Lipinski definition) is 2. The standard InChI is InChI=1S/C17H13Cl2FN2O/c18-10-3-1-2-9(4-10)12-7-21-8-17(12)11-5-14(20)13(19)6-15(11)22-16(17)23/h1-6,12,21H,7-8H2,(H,22,23). The molecule has 0 saturated carbocycles. The van der Waals surface area contributed by atoms with Gasteiger partial charge in [-0.25, -0.2) is 4.39 Å². The van der Waals surface area contributed by atoms with E-state index < -0.39 is 11.2 Å². The third-order valence-corrected chi connectivity index (χ3v) is 5.32. The first-order valence-corrected chi connectivity index (χ1v) is 8.05. The molecule has 0 aliphatic carbocycles. The number of anilines is 1. The average molecular weight is 351 g/mol. The molecule has 3 nitrogen and oxygen atoms in total. The zero-order valence-corrected chi connectivity index (χ0v) is 13.5. The molecule has 2 aliphatic rings. The highest BCUT2D eigenvalue weighted by Crippen LogP contribution is 2.50. The molecule has 1 amide bonds. The molecule has 1 saturated heterocycles. The molecule has 2 N–H and O–H groups in total. The smallest absolute Gasteiger partial charge is 0.237 e. The Morgan fingerprint density at radius 1 is 1.22 bits per heavy atom. The fourth-order valence-corrected chi connectivity index (χ4v) is 4.10. The number of hydrogen-bond acceptors (Lipinski definition) is 2. The molecule has 4 rings (SSSR count). The molecule has 1 spiro atoms. The largest absolute Gasteiger partial charge is 0.325 e. The van der Waals surface area contributed by atoms with E-state index in [1.54, 1.807) is 6.07 Å². The summed E-state index contributed by atoms with van der Waals surface area (Å²) in [7, 11) is 0. The number of benzene rings is 2. The lowest BCUT2D eigenvalue weighted by Crippen LogP contribution is -2.41. The second-order valence-corrected chi connectivity index (χ2v) is 6.82. The topological polar surface area (TPSA) is 41.1 Å². The lowest BCUT2D eigenvalue weighted by Gasteiger charge is -2.29. The third kappa shape index (κ3) is 2.09. The monoisotopic (exact) mass is 350 g/mol. The molecule has 2 aromatic rings. The van der Waals surface area contributed by atoms with Crippen molar-refractivity contribution < 1.29 is 9.18 Å². The Bertz CT molecular complexity index is 826. The summed E-state index contributed by atoms with van der Waals surface area (Å²) in [6, 6.07) is 10.3. The molecule has 0 radical (unpaired) electrons. The van der Waals surface area contributed by atoms with E-state index in [9.17, 15) is 9.18 Å². The molecule has 0 bridgehead atoms. The van der Waals surface area contributed by atoms with Gasteiger partial charge >= 0.3 is 0 Å². The molecule has 2 unspecified atom stereocenters. The van der Waals surface area contributed by atoms with E-state index in [0.29, 0.717) is 29.4 Å². The highest BCUT2D eigenvalue weighted by atomic mass is 35.5. The Kier molecular flexibility index (Phi) is 3.38. The van der Waals surface area contributed by atoms with Gasteiger partial charge in [0.2, 0.25) is 5.91 Å². The molecule has 23 heavy (non-hydrogen) atoms. The van der Waals surface area contributed by atoms with Crippen molar-refractivity contribution in [2.45, 2.75) is 11.3 Å². The van der Waals surface area contributed by atoms with Crippen molar-refractivity contribution in [1.82, 2.24) is 5.32 Å². The predicted molar refractivity (Wildman–Crippen MR) is 88.8 cm³/mol. The quantitative estimate of drug-likeness (QED) is 0.823. The minimum atomic E-state index is -0.842. The van der Waals surface area contributed by atoms with Crippen LogP contribution >= 0.6 is 23.2 Å². The summed E-state index contributed by atoms with van der Waals surface area (Å²) in [5, 5.41) is 6.74. The van der Waals surface area contributed by atoms with E-state index in [0.717, 1.165) is 5.56 Å².